The molecule has 2 rings (SSSR count). The van der Waals surface area contributed by atoms with E-state index in [1.54, 1.807) is 36.4 Å². The van der Waals surface area contributed by atoms with Gasteiger partial charge in [0.1, 0.15) is 0 Å². The molecular formula is C16H12Cl3NO. The van der Waals surface area contributed by atoms with E-state index in [-0.39, 0.29) is 5.91 Å². The fraction of sp³-hybridized carbons (Fsp3) is 0.0625. The van der Waals surface area contributed by atoms with E-state index < -0.39 is 0 Å². The molecular weight excluding hydrogens is 329 g/mol. The molecule has 0 aromatic heterocycles. The first-order valence-corrected chi connectivity index (χ1v) is 7.29. The monoisotopic (exact) mass is 339 g/mol. The number of hydrogen-bond donors (Lipinski definition) is 1. The van der Waals surface area contributed by atoms with Gasteiger partial charge in [-0.3, -0.25) is 4.79 Å². The first kappa shape index (κ1) is 15.9. The molecule has 0 spiro atoms. The molecule has 0 saturated heterocycles. The number of nitrogens with one attached hydrogen (secondary N) is 1. The Morgan fingerprint density at radius 1 is 1.05 bits per heavy atom. The molecule has 0 aliphatic heterocycles. The van der Waals surface area contributed by atoms with Crippen LogP contribution in [0, 0.1) is 6.92 Å². The molecule has 0 radical (unpaired) electrons. The van der Waals surface area contributed by atoms with E-state index in [4.69, 9.17) is 34.8 Å². The van der Waals surface area contributed by atoms with Crippen LogP contribution >= 0.6 is 34.8 Å². The van der Waals surface area contributed by atoms with E-state index in [0.717, 1.165) is 11.1 Å². The lowest BCUT2D eigenvalue weighted by Gasteiger charge is -2.04. The summed E-state index contributed by atoms with van der Waals surface area (Å²) in [7, 11) is 0. The lowest BCUT2D eigenvalue weighted by atomic mass is 10.2. The SMILES string of the molecule is Cc1ccc(NC(=O)/C=C/c2ccc(Cl)cc2Cl)cc1Cl. The number of hydrogen-bond acceptors (Lipinski definition) is 1. The zero-order chi connectivity index (χ0) is 15.4. The number of amides is 1. The molecule has 2 aromatic carbocycles. The van der Waals surface area contributed by atoms with E-state index in [0.29, 0.717) is 20.8 Å². The van der Waals surface area contributed by atoms with Crippen molar-refractivity contribution in [1.82, 2.24) is 0 Å². The van der Waals surface area contributed by atoms with Crippen molar-refractivity contribution in [1.29, 1.82) is 0 Å². The van der Waals surface area contributed by atoms with Crippen molar-refractivity contribution in [3.63, 3.8) is 0 Å². The maximum Gasteiger partial charge on any atom is 0.248 e. The van der Waals surface area contributed by atoms with Gasteiger partial charge in [-0.2, -0.15) is 0 Å². The van der Waals surface area contributed by atoms with Crippen molar-refractivity contribution >= 4 is 52.5 Å². The molecule has 0 atom stereocenters. The average Bonchev–Trinajstić information content (AvgIpc) is 2.42. The van der Waals surface area contributed by atoms with Crippen LogP contribution in [0.15, 0.2) is 42.5 Å². The van der Waals surface area contributed by atoms with Crippen LogP contribution in [0.5, 0.6) is 0 Å². The van der Waals surface area contributed by atoms with Crippen LogP contribution < -0.4 is 5.32 Å². The highest BCUT2D eigenvalue weighted by Crippen LogP contribution is 2.22. The zero-order valence-corrected chi connectivity index (χ0v) is 13.4. The number of anilines is 1. The summed E-state index contributed by atoms with van der Waals surface area (Å²) in [6.45, 7) is 1.90. The van der Waals surface area contributed by atoms with Gasteiger partial charge in [-0.15, -0.1) is 0 Å². The van der Waals surface area contributed by atoms with Crippen molar-refractivity contribution in [3.05, 3.63) is 68.7 Å². The third-order valence-electron chi connectivity index (χ3n) is 2.82. The van der Waals surface area contributed by atoms with Crippen molar-refractivity contribution in [2.45, 2.75) is 6.92 Å². The Morgan fingerprint density at radius 2 is 1.81 bits per heavy atom. The standard InChI is InChI=1S/C16H12Cl3NO/c1-10-2-6-13(9-14(10)18)20-16(21)7-4-11-3-5-12(17)8-15(11)19/h2-9H,1H3,(H,20,21)/b7-4+. The van der Waals surface area contributed by atoms with Crippen LogP contribution in [0.1, 0.15) is 11.1 Å². The minimum atomic E-state index is -0.263. The highest BCUT2D eigenvalue weighted by molar-refractivity contribution is 6.35. The summed E-state index contributed by atoms with van der Waals surface area (Å²) in [6.07, 6.45) is 3.03. The molecule has 0 bridgehead atoms. The van der Waals surface area contributed by atoms with Crippen molar-refractivity contribution < 1.29 is 4.79 Å². The summed E-state index contributed by atoms with van der Waals surface area (Å²) < 4.78 is 0. The van der Waals surface area contributed by atoms with Crippen LogP contribution in [0.4, 0.5) is 5.69 Å². The molecule has 2 aromatic rings. The van der Waals surface area contributed by atoms with E-state index >= 15 is 0 Å². The Labute approximate surface area is 138 Å². The van der Waals surface area contributed by atoms with Gasteiger partial charge < -0.3 is 5.32 Å². The summed E-state index contributed by atoms with van der Waals surface area (Å²) in [6, 6.07) is 10.4. The fourth-order valence-electron chi connectivity index (χ4n) is 1.66. The molecule has 2 nitrogen and oxygen atoms in total. The van der Waals surface area contributed by atoms with E-state index in [9.17, 15) is 4.79 Å². The Bertz CT molecular complexity index is 711. The fourth-order valence-corrected chi connectivity index (χ4v) is 2.31. The molecule has 0 aliphatic carbocycles. The predicted octanol–water partition coefficient (Wildman–Crippen LogP) is 5.61. The molecule has 0 unspecified atom stereocenters. The van der Waals surface area contributed by atoms with Gasteiger partial charge in [0, 0.05) is 26.8 Å². The summed E-state index contributed by atoms with van der Waals surface area (Å²) in [5, 5.41) is 4.38. The molecule has 108 valence electrons. The van der Waals surface area contributed by atoms with Crippen molar-refractivity contribution in [2.75, 3.05) is 5.32 Å². The van der Waals surface area contributed by atoms with Crippen molar-refractivity contribution in [3.8, 4) is 0 Å². The molecule has 1 amide bonds. The number of carbonyl (C=O) groups is 1. The van der Waals surface area contributed by atoms with Crippen LogP contribution in [-0.2, 0) is 4.79 Å². The number of halogens is 3. The van der Waals surface area contributed by atoms with Crippen LogP contribution in [-0.4, -0.2) is 5.91 Å². The smallest absolute Gasteiger partial charge is 0.248 e. The Kier molecular flexibility index (Phi) is 5.29. The zero-order valence-electron chi connectivity index (χ0n) is 11.2. The summed E-state index contributed by atoms with van der Waals surface area (Å²) in [5.74, 6) is -0.263. The summed E-state index contributed by atoms with van der Waals surface area (Å²) in [5.41, 5.74) is 2.32. The topological polar surface area (TPSA) is 29.1 Å². The second-order valence-electron chi connectivity index (χ2n) is 4.45. The van der Waals surface area contributed by atoms with Gasteiger partial charge in [-0.25, -0.2) is 0 Å². The number of benzene rings is 2. The largest absolute Gasteiger partial charge is 0.322 e. The van der Waals surface area contributed by atoms with Gasteiger partial charge in [-0.05, 0) is 48.4 Å². The Hall–Kier alpha value is -1.48. The first-order chi connectivity index (χ1) is 9.95. The molecule has 0 saturated carbocycles. The second-order valence-corrected chi connectivity index (χ2v) is 5.70. The van der Waals surface area contributed by atoms with Crippen molar-refractivity contribution in [2.24, 2.45) is 0 Å². The molecule has 1 N–H and O–H groups in total. The van der Waals surface area contributed by atoms with Gasteiger partial charge in [-0.1, -0.05) is 46.9 Å². The maximum absolute atomic E-state index is 11.9. The van der Waals surface area contributed by atoms with Gasteiger partial charge in [0.2, 0.25) is 5.91 Å². The third-order valence-corrected chi connectivity index (χ3v) is 3.79. The average molecular weight is 341 g/mol. The lowest BCUT2D eigenvalue weighted by Crippen LogP contribution is -2.07. The van der Waals surface area contributed by atoms with E-state index in [2.05, 4.69) is 5.32 Å². The number of aryl methyl sites for hydroxylation is 1. The molecule has 5 heteroatoms. The van der Waals surface area contributed by atoms with Crippen LogP contribution in [0.2, 0.25) is 15.1 Å². The normalized spacial score (nSPS) is 10.9. The molecule has 0 fully saturated rings. The van der Waals surface area contributed by atoms with Crippen LogP contribution in [0.3, 0.4) is 0 Å². The molecule has 21 heavy (non-hydrogen) atoms. The highest BCUT2D eigenvalue weighted by atomic mass is 35.5. The summed E-state index contributed by atoms with van der Waals surface area (Å²) >= 11 is 17.8. The van der Waals surface area contributed by atoms with Gasteiger partial charge in [0.05, 0.1) is 0 Å². The molecule has 0 aliphatic rings. The quantitative estimate of drug-likeness (QED) is 0.723. The predicted molar refractivity (Wildman–Crippen MR) is 90.3 cm³/mol. The first-order valence-electron chi connectivity index (χ1n) is 6.16. The van der Waals surface area contributed by atoms with Gasteiger partial charge in [0.25, 0.3) is 0 Å². The maximum atomic E-state index is 11.9. The second kappa shape index (κ2) is 6.99. The number of rotatable bonds is 3. The van der Waals surface area contributed by atoms with Crippen LogP contribution in [0.25, 0.3) is 6.08 Å². The highest BCUT2D eigenvalue weighted by Gasteiger charge is 2.02. The van der Waals surface area contributed by atoms with Gasteiger partial charge in [0.15, 0.2) is 0 Å². The molecule has 0 heterocycles. The Balaban J connectivity index is 2.07. The van der Waals surface area contributed by atoms with E-state index in [1.165, 1.54) is 6.08 Å². The summed E-state index contributed by atoms with van der Waals surface area (Å²) in [4.78, 5) is 11.9. The minimum Gasteiger partial charge on any atom is -0.322 e. The third kappa shape index (κ3) is 4.50. The minimum absolute atomic E-state index is 0.263. The number of carbonyl (C=O) groups excluding carboxylic acids is 1. The van der Waals surface area contributed by atoms with E-state index in [1.807, 2.05) is 13.0 Å². The van der Waals surface area contributed by atoms with Gasteiger partial charge >= 0.3 is 0 Å². The lowest BCUT2D eigenvalue weighted by molar-refractivity contribution is -0.111. The Morgan fingerprint density at radius 3 is 2.48 bits per heavy atom.